The van der Waals surface area contributed by atoms with Crippen molar-refractivity contribution in [2.24, 2.45) is 5.92 Å². The zero-order valence-electron chi connectivity index (χ0n) is 13.2. The molecule has 0 radical (unpaired) electrons. The maximum absolute atomic E-state index is 12.3. The van der Waals surface area contributed by atoms with Gasteiger partial charge in [-0.1, -0.05) is 19.9 Å². The third kappa shape index (κ3) is 4.80. The molecule has 5 nitrogen and oxygen atoms in total. The van der Waals surface area contributed by atoms with Crippen LogP contribution in [-0.2, 0) is 4.79 Å². The van der Waals surface area contributed by atoms with Gasteiger partial charge in [0.1, 0.15) is 5.82 Å². The van der Waals surface area contributed by atoms with E-state index in [1.165, 1.54) is 4.88 Å². The van der Waals surface area contributed by atoms with E-state index in [2.05, 4.69) is 35.2 Å². The van der Waals surface area contributed by atoms with E-state index in [0.29, 0.717) is 11.7 Å². The predicted molar refractivity (Wildman–Crippen MR) is 90.0 cm³/mol. The Kier molecular flexibility index (Phi) is 5.89. The third-order valence-electron chi connectivity index (χ3n) is 3.25. The Bertz CT molecular complexity index is 571. The maximum Gasteiger partial charge on any atom is 0.240 e. The molecular formula is C16H22N4OS. The minimum absolute atomic E-state index is 0.00722. The highest BCUT2D eigenvalue weighted by Crippen LogP contribution is 2.25. The molecule has 22 heavy (non-hydrogen) atoms. The maximum atomic E-state index is 12.3. The van der Waals surface area contributed by atoms with E-state index in [-0.39, 0.29) is 18.5 Å². The molecule has 0 bridgehead atoms. The molecule has 118 valence electrons. The number of amides is 1. The topological polar surface area (TPSA) is 58.1 Å². The second-order valence-electron chi connectivity index (χ2n) is 5.68. The van der Waals surface area contributed by atoms with Crippen LogP contribution >= 0.6 is 11.3 Å². The molecule has 0 aliphatic carbocycles. The summed E-state index contributed by atoms with van der Waals surface area (Å²) in [5.41, 5.74) is 0. The van der Waals surface area contributed by atoms with Gasteiger partial charge in [0, 0.05) is 24.3 Å². The number of hydrogen-bond donors (Lipinski definition) is 1. The van der Waals surface area contributed by atoms with Crippen molar-refractivity contribution in [2.75, 3.05) is 18.5 Å². The van der Waals surface area contributed by atoms with Gasteiger partial charge in [0.05, 0.1) is 18.8 Å². The van der Waals surface area contributed by atoms with E-state index in [1.54, 1.807) is 34.8 Å². The first-order chi connectivity index (χ1) is 10.6. The fourth-order valence-electron chi connectivity index (χ4n) is 2.23. The van der Waals surface area contributed by atoms with E-state index in [4.69, 9.17) is 0 Å². The highest BCUT2D eigenvalue weighted by molar-refractivity contribution is 7.10. The van der Waals surface area contributed by atoms with E-state index in [0.717, 1.165) is 6.42 Å². The van der Waals surface area contributed by atoms with Gasteiger partial charge in [-0.05, 0) is 23.8 Å². The molecule has 0 aliphatic heterocycles. The lowest BCUT2D eigenvalue weighted by molar-refractivity contribution is -0.120. The summed E-state index contributed by atoms with van der Waals surface area (Å²) in [6.45, 7) is 4.59. The summed E-state index contributed by atoms with van der Waals surface area (Å²) in [7, 11) is 1.84. The zero-order valence-corrected chi connectivity index (χ0v) is 14.0. The Balaban J connectivity index is 1.96. The summed E-state index contributed by atoms with van der Waals surface area (Å²) >= 11 is 1.68. The van der Waals surface area contributed by atoms with Gasteiger partial charge < -0.3 is 10.2 Å². The average molecular weight is 318 g/mol. The van der Waals surface area contributed by atoms with Gasteiger partial charge in [-0.15, -0.1) is 11.3 Å². The first-order valence-electron chi connectivity index (χ1n) is 7.36. The summed E-state index contributed by atoms with van der Waals surface area (Å²) in [6.07, 6.45) is 5.82. The van der Waals surface area contributed by atoms with Crippen molar-refractivity contribution in [3.63, 3.8) is 0 Å². The second kappa shape index (κ2) is 7.89. The van der Waals surface area contributed by atoms with Crippen LogP contribution in [0.25, 0.3) is 0 Å². The Hall–Kier alpha value is -1.95. The number of carbonyl (C=O) groups is 1. The van der Waals surface area contributed by atoms with Crippen molar-refractivity contribution in [1.29, 1.82) is 0 Å². The Morgan fingerprint density at radius 3 is 2.82 bits per heavy atom. The highest BCUT2D eigenvalue weighted by atomic mass is 32.1. The molecule has 6 heteroatoms. The van der Waals surface area contributed by atoms with Crippen LogP contribution in [0.1, 0.15) is 31.2 Å². The Morgan fingerprint density at radius 1 is 1.41 bits per heavy atom. The number of likely N-dealkylation sites (N-methyl/N-ethyl adjacent to an activating group) is 1. The summed E-state index contributed by atoms with van der Waals surface area (Å²) in [5.74, 6) is 1.20. The number of nitrogens with zero attached hydrogens (tertiary/aromatic N) is 3. The molecule has 0 spiro atoms. The fraction of sp³-hybridized carbons (Fsp3) is 0.438. The number of aromatic nitrogens is 2. The van der Waals surface area contributed by atoms with Crippen LogP contribution < -0.4 is 10.2 Å². The van der Waals surface area contributed by atoms with Crippen molar-refractivity contribution in [3.05, 3.63) is 41.0 Å². The lowest BCUT2D eigenvalue weighted by Crippen LogP contribution is -2.37. The van der Waals surface area contributed by atoms with Gasteiger partial charge in [-0.2, -0.15) is 0 Å². The number of rotatable bonds is 7. The molecular weight excluding hydrogens is 296 g/mol. The number of hydrogen-bond acceptors (Lipinski definition) is 5. The van der Waals surface area contributed by atoms with Crippen molar-refractivity contribution in [1.82, 2.24) is 15.3 Å². The molecule has 0 aliphatic rings. The molecule has 1 unspecified atom stereocenters. The molecule has 1 amide bonds. The van der Waals surface area contributed by atoms with Crippen LogP contribution in [0.2, 0.25) is 0 Å². The molecule has 1 atom stereocenters. The van der Waals surface area contributed by atoms with E-state index >= 15 is 0 Å². The number of anilines is 1. The van der Waals surface area contributed by atoms with Crippen LogP contribution in [0.15, 0.2) is 36.1 Å². The number of thiophene rings is 1. The first kappa shape index (κ1) is 16.4. The molecule has 0 aromatic carbocycles. The van der Waals surface area contributed by atoms with Gasteiger partial charge in [-0.3, -0.25) is 9.78 Å². The van der Waals surface area contributed by atoms with Crippen LogP contribution in [0.4, 0.5) is 5.82 Å². The smallest absolute Gasteiger partial charge is 0.240 e. The molecule has 2 heterocycles. The highest BCUT2D eigenvalue weighted by Gasteiger charge is 2.18. The van der Waals surface area contributed by atoms with E-state index < -0.39 is 0 Å². The largest absolute Gasteiger partial charge is 0.349 e. The van der Waals surface area contributed by atoms with Crippen molar-refractivity contribution in [2.45, 2.75) is 26.3 Å². The van der Waals surface area contributed by atoms with Crippen molar-refractivity contribution in [3.8, 4) is 0 Å². The fourth-order valence-corrected chi connectivity index (χ4v) is 3.02. The first-order valence-corrected chi connectivity index (χ1v) is 8.24. The van der Waals surface area contributed by atoms with E-state index in [9.17, 15) is 4.79 Å². The lowest BCUT2D eigenvalue weighted by Gasteiger charge is -2.22. The molecule has 1 N–H and O–H groups in total. The molecule has 2 aromatic heterocycles. The summed E-state index contributed by atoms with van der Waals surface area (Å²) in [4.78, 5) is 23.5. The second-order valence-corrected chi connectivity index (χ2v) is 6.66. The van der Waals surface area contributed by atoms with Gasteiger partial charge in [-0.25, -0.2) is 4.98 Å². The van der Waals surface area contributed by atoms with Gasteiger partial charge in [0.25, 0.3) is 0 Å². The van der Waals surface area contributed by atoms with Crippen molar-refractivity contribution < 1.29 is 4.79 Å². The van der Waals surface area contributed by atoms with Gasteiger partial charge >= 0.3 is 0 Å². The van der Waals surface area contributed by atoms with Crippen LogP contribution in [-0.4, -0.2) is 29.5 Å². The van der Waals surface area contributed by atoms with Crippen molar-refractivity contribution >= 4 is 23.1 Å². The minimum Gasteiger partial charge on any atom is -0.349 e. The minimum atomic E-state index is -0.00722. The molecule has 2 rings (SSSR count). The average Bonchev–Trinajstić information content (AvgIpc) is 3.01. The van der Waals surface area contributed by atoms with Gasteiger partial charge in [0.2, 0.25) is 5.91 Å². The zero-order chi connectivity index (χ0) is 15.9. The molecule has 2 aromatic rings. The molecule has 0 saturated heterocycles. The Morgan fingerprint density at radius 2 is 2.23 bits per heavy atom. The van der Waals surface area contributed by atoms with Crippen LogP contribution in [0.3, 0.4) is 0 Å². The van der Waals surface area contributed by atoms with Crippen LogP contribution in [0.5, 0.6) is 0 Å². The normalized spacial score (nSPS) is 12.2. The summed E-state index contributed by atoms with van der Waals surface area (Å²) in [6, 6.07) is 4.16. The van der Waals surface area contributed by atoms with Crippen LogP contribution in [0, 0.1) is 5.92 Å². The predicted octanol–water partition coefficient (Wildman–Crippen LogP) is 2.88. The number of nitrogens with one attached hydrogen (secondary N) is 1. The number of carbonyl (C=O) groups excluding carboxylic acids is 1. The lowest BCUT2D eigenvalue weighted by atomic mass is 10.0. The summed E-state index contributed by atoms with van der Waals surface area (Å²) in [5, 5.41) is 5.18. The van der Waals surface area contributed by atoms with Gasteiger partial charge in [0.15, 0.2) is 0 Å². The quantitative estimate of drug-likeness (QED) is 0.853. The monoisotopic (exact) mass is 318 g/mol. The standard InChI is InChI=1S/C16H22N4OS/c1-12(2)9-13(14-5-4-8-22-14)19-16(21)11-20(3)15-10-17-6-7-18-15/h4-8,10,12-13H,9,11H2,1-3H3,(H,19,21). The SMILES string of the molecule is CC(C)CC(NC(=O)CN(C)c1cnccn1)c1cccs1. The summed E-state index contributed by atoms with van der Waals surface area (Å²) < 4.78 is 0. The molecule has 0 saturated carbocycles. The Labute approximate surface area is 135 Å². The third-order valence-corrected chi connectivity index (χ3v) is 4.24. The molecule has 0 fully saturated rings. The van der Waals surface area contributed by atoms with E-state index in [1.807, 2.05) is 18.5 Å².